The van der Waals surface area contributed by atoms with Crippen LogP contribution < -0.4 is 5.32 Å². The summed E-state index contributed by atoms with van der Waals surface area (Å²) in [4.78, 5) is 0. The van der Waals surface area contributed by atoms with Gasteiger partial charge in [-0.25, -0.2) is 0 Å². The molecule has 0 bridgehead atoms. The van der Waals surface area contributed by atoms with Crippen LogP contribution in [0, 0.1) is 5.92 Å². The van der Waals surface area contributed by atoms with E-state index in [2.05, 4.69) is 33.1 Å². The number of hydrogen-bond acceptors (Lipinski definition) is 1. The van der Waals surface area contributed by atoms with Crippen LogP contribution >= 0.6 is 0 Å². The molecule has 1 N–H and O–H groups in total. The van der Waals surface area contributed by atoms with Gasteiger partial charge in [0.05, 0.1) is 0 Å². The lowest BCUT2D eigenvalue weighted by Crippen LogP contribution is -2.31. The van der Waals surface area contributed by atoms with Crippen molar-refractivity contribution in [3.8, 4) is 0 Å². The Bertz CT molecular complexity index is 112. The molecule has 0 aliphatic heterocycles. The highest BCUT2D eigenvalue weighted by molar-refractivity contribution is 4.71. The summed E-state index contributed by atoms with van der Waals surface area (Å²) in [5, 5.41) is 3.44. The van der Waals surface area contributed by atoms with E-state index in [1.54, 1.807) is 0 Å². The molecule has 0 heterocycles. The molecular formula is C13H29N. The zero-order valence-electron chi connectivity index (χ0n) is 10.6. The van der Waals surface area contributed by atoms with Gasteiger partial charge in [-0.05, 0) is 25.8 Å². The smallest absolute Gasteiger partial charge is 0.00895 e. The van der Waals surface area contributed by atoms with Crippen molar-refractivity contribution in [2.75, 3.05) is 7.05 Å². The molecule has 0 aromatic rings. The van der Waals surface area contributed by atoms with E-state index in [0.29, 0.717) is 0 Å². The lowest BCUT2D eigenvalue weighted by molar-refractivity contribution is 0.344. The van der Waals surface area contributed by atoms with Gasteiger partial charge in [0.25, 0.3) is 0 Å². The Kier molecular flexibility index (Phi) is 9.49. The maximum atomic E-state index is 3.44. The van der Waals surface area contributed by atoms with Crippen LogP contribution in [0.25, 0.3) is 0 Å². The molecule has 0 rings (SSSR count). The number of hydrogen-bond donors (Lipinski definition) is 1. The number of unbranched alkanes of at least 4 members (excludes halogenated alkanes) is 3. The van der Waals surface area contributed by atoms with Gasteiger partial charge in [-0.2, -0.15) is 0 Å². The zero-order chi connectivity index (χ0) is 10.8. The monoisotopic (exact) mass is 199 g/mol. The molecule has 0 aliphatic rings. The van der Waals surface area contributed by atoms with Gasteiger partial charge < -0.3 is 5.32 Å². The SMILES string of the molecule is CCCCCCC(C)C(CCC)NC. The first kappa shape index (κ1) is 14.0. The maximum absolute atomic E-state index is 3.44. The molecule has 0 fully saturated rings. The Hall–Kier alpha value is -0.0400. The summed E-state index contributed by atoms with van der Waals surface area (Å²) in [6.07, 6.45) is 9.60. The molecule has 0 aromatic heterocycles. The third-order valence-electron chi connectivity index (χ3n) is 3.17. The standard InChI is InChI=1S/C13H29N/c1-5-7-8-9-11-12(3)13(14-4)10-6-2/h12-14H,5-11H2,1-4H3. The van der Waals surface area contributed by atoms with Gasteiger partial charge in [-0.15, -0.1) is 0 Å². The van der Waals surface area contributed by atoms with Crippen LogP contribution in [-0.4, -0.2) is 13.1 Å². The molecule has 0 aliphatic carbocycles. The highest BCUT2D eigenvalue weighted by atomic mass is 14.9. The zero-order valence-corrected chi connectivity index (χ0v) is 10.6. The van der Waals surface area contributed by atoms with Gasteiger partial charge >= 0.3 is 0 Å². The van der Waals surface area contributed by atoms with Crippen molar-refractivity contribution in [3.05, 3.63) is 0 Å². The molecule has 14 heavy (non-hydrogen) atoms. The normalized spacial score (nSPS) is 15.4. The fraction of sp³-hybridized carbons (Fsp3) is 1.00. The first-order valence-electron chi connectivity index (χ1n) is 6.43. The molecule has 1 heteroatoms. The maximum Gasteiger partial charge on any atom is 0.00895 e. The molecule has 0 amide bonds. The molecule has 0 saturated carbocycles. The van der Waals surface area contributed by atoms with E-state index in [1.165, 1.54) is 44.9 Å². The predicted molar refractivity (Wildman–Crippen MR) is 65.7 cm³/mol. The average molecular weight is 199 g/mol. The molecule has 2 atom stereocenters. The van der Waals surface area contributed by atoms with E-state index in [4.69, 9.17) is 0 Å². The molecule has 86 valence electrons. The third kappa shape index (κ3) is 6.42. The van der Waals surface area contributed by atoms with Gasteiger partial charge in [0.2, 0.25) is 0 Å². The lowest BCUT2D eigenvalue weighted by Gasteiger charge is -2.23. The van der Waals surface area contributed by atoms with Crippen LogP contribution in [0.15, 0.2) is 0 Å². The van der Waals surface area contributed by atoms with Crippen molar-refractivity contribution in [2.24, 2.45) is 5.92 Å². The quantitative estimate of drug-likeness (QED) is 0.554. The van der Waals surface area contributed by atoms with Crippen molar-refractivity contribution < 1.29 is 0 Å². The topological polar surface area (TPSA) is 12.0 Å². The Morgan fingerprint density at radius 1 is 0.929 bits per heavy atom. The van der Waals surface area contributed by atoms with Gasteiger partial charge in [-0.1, -0.05) is 52.9 Å². The second kappa shape index (κ2) is 9.51. The van der Waals surface area contributed by atoms with E-state index in [-0.39, 0.29) is 0 Å². The summed E-state index contributed by atoms with van der Waals surface area (Å²) in [7, 11) is 2.10. The predicted octanol–water partition coefficient (Wildman–Crippen LogP) is 3.98. The lowest BCUT2D eigenvalue weighted by atomic mass is 9.92. The van der Waals surface area contributed by atoms with Crippen molar-refractivity contribution in [1.82, 2.24) is 5.32 Å². The van der Waals surface area contributed by atoms with E-state index >= 15 is 0 Å². The molecule has 1 nitrogen and oxygen atoms in total. The van der Waals surface area contributed by atoms with E-state index in [0.717, 1.165) is 12.0 Å². The molecule has 0 radical (unpaired) electrons. The van der Waals surface area contributed by atoms with Crippen LogP contribution in [0.5, 0.6) is 0 Å². The largest absolute Gasteiger partial charge is 0.317 e. The Morgan fingerprint density at radius 2 is 1.64 bits per heavy atom. The fourth-order valence-corrected chi connectivity index (χ4v) is 2.12. The van der Waals surface area contributed by atoms with E-state index in [1.807, 2.05) is 0 Å². The highest BCUT2D eigenvalue weighted by Crippen LogP contribution is 2.16. The summed E-state index contributed by atoms with van der Waals surface area (Å²) in [6.45, 7) is 6.94. The minimum atomic E-state index is 0.738. The first-order valence-corrected chi connectivity index (χ1v) is 6.43. The van der Waals surface area contributed by atoms with Crippen LogP contribution in [0.2, 0.25) is 0 Å². The molecular weight excluding hydrogens is 170 g/mol. The Labute approximate surface area is 90.7 Å². The fourth-order valence-electron chi connectivity index (χ4n) is 2.12. The van der Waals surface area contributed by atoms with Crippen LogP contribution in [0.4, 0.5) is 0 Å². The van der Waals surface area contributed by atoms with Crippen molar-refractivity contribution in [3.63, 3.8) is 0 Å². The van der Waals surface area contributed by atoms with Gasteiger partial charge in [0, 0.05) is 6.04 Å². The Balaban J connectivity index is 3.52. The third-order valence-corrected chi connectivity index (χ3v) is 3.17. The summed E-state index contributed by atoms with van der Waals surface area (Å²) in [6, 6.07) is 0.738. The van der Waals surface area contributed by atoms with Crippen molar-refractivity contribution >= 4 is 0 Å². The number of rotatable bonds is 9. The minimum Gasteiger partial charge on any atom is -0.317 e. The van der Waals surface area contributed by atoms with E-state index < -0.39 is 0 Å². The molecule has 0 aromatic carbocycles. The van der Waals surface area contributed by atoms with Crippen LogP contribution in [0.1, 0.15) is 65.7 Å². The first-order chi connectivity index (χ1) is 6.76. The molecule has 0 spiro atoms. The second-order valence-corrected chi connectivity index (χ2v) is 4.51. The van der Waals surface area contributed by atoms with Crippen LogP contribution in [-0.2, 0) is 0 Å². The average Bonchev–Trinajstić information content (AvgIpc) is 2.20. The van der Waals surface area contributed by atoms with Gasteiger partial charge in [0.15, 0.2) is 0 Å². The Morgan fingerprint density at radius 3 is 2.14 bits per heavy atom. The summed E-state index contributed by atoms with van der Waals surface area (Å²) >= 11 is 0. The van der Waals surface area contributed by atoms with Crippen molar-refractivity contribution in [1.29, 1.82) is 0 Å². The van der Waals surface area contributed by atoms with E-state index in [9.17, 15) is 0 Å². The number of nitrogens with one attached hydrogen (secondary N) is 1. The summed E-state index contributed by atoms with van der Waals surface area (Å²) < 4.78 is 0. The van der Waals surface area contributed by atoms with Crippen LogP contribution in [0.3, 0.4) is 0 Å². The second-order valence-electron chi connectivity index (χ2n) is 4.51. The highest BCUT2D eigenvalue weighted by Gasteiger charge is 2.13. The summed E-state index contributed by atoms with van der Waals surface area (Å²) in [5.41, 5.74) is 0. The van der Waals surface area contributed by atoms with Crippen molar-refractivity contribution in [2.45, 2.75) is 71.8 Å². The van der Waals surface area contributed by atoms with Gasteiger partial charge in [-0.3, -0.25) is 0 Å². The molecule has 0 saturated heterocycles. The summed E-state index contributed by atoms with van der Waals surface area (Å²) in [5.74, 6) is 0.844. The minimum absolute atomic E-state index is 0.738. The van der Waals surface area contributed by atoms with Gasteiger partial charge in [0.1, 0.15) is 0 Å². The molecule has 2 unspecified atom stereocenters.